The Kier molecular flexibility index (Phi) is 6.57. The lowest BCUT2D eigenvalue weighted by Gasteiger charge is -2.29. The van der Waals surface area contributed by atoms with E-state index in [4.69, 9.17) is 14.2 Å². The number of sulfonamides is 1. The van der Waals surface area contributed by atoms with E-state index < -0.39 is 10.0 Å². The average molecular weight is 460 g/mol. The Labute approximate surface area is 189 Å². The summed E-state index contributed by atoms with van der Waals surface area (Å²) >= 11 is 0. The van der Waals surface area contributed by atoms with Crippen molar-refractivity contribution in [1.29, 1.82) is 0 Å². The zero-order valence-electron chi connectivity index (χ0n) is 18.7. The van der Waals surface area contributed by atoms with Crippen LogP contribution in [-0.2, 0) is 10.0 Å². The van der Waals surface area contributed by atoms with Gasteiger partial charge in [0, 0.05) is 44.5 Å². The first kappa shape index (κ1) is 22.4. The first-order valence-electron chi connectivity index (χ1n) is 10.7. The molecule has 172 valence electrons. The number of rotatable bonds is 7. The van der Waals surface area contributed by atoms with Crippen LogP contribution in [0.15, 0.2) is 41.4 Å². The molecule has 0 unspecified atom stereocenters. The summed E-state index contributed by atoms with van der Waals surface area (Å²) in [7, 11) is 1.43. The van der Waals surface area contributed by atoms with Gasteiger partial charge in [0.2, 0.25) is 10.0 Å². The highest BCUT2D eigenvalue weighted by atomic mass is 32.2. The molecule has 0 N–H and O–H groups in total. The van der Waals surface area contributed by atoms with E-state index in [-0.39, 0.29) is 4.90 Å². The minimum Gasteiger partial charge on any atom is -0.496 e. The minimum atomic E-state index is -3.45. The van der Waals surface area contributed by atoms with Gasteiger partial charge in [0.25, 0.3) is 0 Å². The molecule has 3 heterocycles. The van der Waals surface area contributed by atoms with Crippen LogP contribution < -0.4 is 19.1 Å². The van der Waals surface area contributed by atoms with Gasteiger partial charge in [0.15, 0.2) is 0 Å². The molecule has 0 spiro atoms. The molecule has 0 saturated carbocycles. The van der Waals surface area contributed by atoms with Gasteiger partial charge in [-0.2, -0.15) is 4.31 Å². The third kappa shape index (κ3) is 4.27. The smallest absolute Gasteiger partial charge is 0.244 e. The van der Waals surface area contributed by atoms with Crippen molar-refractivity contribution in [3.63, 3.8) is 0 Å². The third-order valence-corrected chi connectivity index (χ3v) is 7.88. The second-order valence-electron chi connectivity index (χ2n) is 7.80. The van der Waals surface area contributed by atoms with Crippen molar-refractivity contribution in [1.82, 2.24) is 9.29 Å². The van der Waals surface area contributed by atoms with Gasteiger partial charge in [0.1, 0.15) is 28.0 Å². The van der Waals surface area contributed by atoms with Gasteiger partial charge in [-0.15, -0.1) is 0 Å². The molecule has 0 radical (unpaired) electrons. The van der Waals surface area contributed by atoms with E-state index >= 15 is 0 Å². The summed E-state index contributed by atoms with van der Waals surface area (Å²) in [5.41, 5.74) is 2.06. The lowest BCUT2D eigenvalue weighted by atomic mass is 9.97. The normalized spacial score (nSPS) is 17.2. The van der Waals surface area contributed by atoms with Crippen LogP contribution in [0.2, 0.25) is 0 Å². The predicted molar refractivity (Wildman–Crippen MR) is 123 cm³/mol. The van der Waals surface area contributed by atoms with E-state index in [2.05, 4.69) is 16.0 Å². The van der Waals surface area contributed by atoms with Crippen molar-refractivity contribution in [2.75, 3.05) is 52.4 Å². The zero-order valence-corrected chi connectivity index (χ0v) is 19.5. The van der Waals surface area contributed by atoms with Crippen LogP contribution in [0.25, 0.3) is 5.57 Å². The Bertz CT molecular complexity index is 1070. The highest BCUT2D eigenvalue weighted by Crippen LogP contribution is 2.41. The SMILES string of the molecule is COc1cc(OC)c(C2=CCN(c3ccc(S(=O)(=O)N4CCCC4)cn3)CC2)c(OC)c1. The van der Waals surface area contributed by atoms with Crippen LogP contribution >= 0.6 is 0 Å². The summed E-state index contributed by atoms with van der Waals surface area (Å²) in [6.07, 6.45) is 6.20. The lowest BCUT2D eigenvalue weighted by molar-refractivity contribution is 0.373. The van der Waals surface area contributed by atoms with Gasteiger partial charge in [-0.05, 0) is 37.0 Å². The van der Waals surface area contributed by atoms with Crippen LogP contribution in [0.4, 0.5) is 5.82 Å². The van der Waals surface area contributed by atoms with Gasteiger partial charge in [-0.25, -0.2) is 13.4 Å². The molecule has 0 bridgehead atoms. The summed E-state index contributed by atoms with van der Waals surface area (Å²) in [5, 5.41) is 0. The predicted octanol–water partition coefficient (Wildman–Crippen LogP) is 3.19. The second-order valence-corrected chi connectivity index (χ2v) is 9.73. The van der Waals surface area contributed by atoms with Gasteiger partial charge >= 0.3 is 0 Å². The molecular formula is C23H29N3O5S. The maximum absolute atomic E-state index is 12.7. The summed E-state index contributed by atoms with van der Waals surface area (Å²) in [6, 6.07) is 7.15. The first-order valence-corrected chi connectivity index (χ1v) is 12.1. The molecule has 1 fully saturated rings. The Morgan fingerprint density at radius 2 is 1.62 bits per heavy atom. The summed E-state index contributed by atoms with van der Waals surface area (Å²) < 4.78 is 43.5. The number of nitrogens with zero attached hydrogens (tertiary/aromatic N) is 3. The van der Waals surface area contributed by atoms with Gasteiger partial charge in [-0.1, -0.05) is 6.08 Å². The third-order valence-electron chi connectivity index (χ3n) is 5.99. The average Bonchev–Trinajstić information content (AvgIpc) is 3.39. The Morgan fingerprint density at radius 3 is 2.12 bits per heavy atom. The number of anilines is 1. The van der Waals surface area contributed by atoms with Crippen LogP contribution in [0, 0.1) is 0 Å². The minimum absolute atomic E-state index is 0.254. The lowest BCUT2D eigenvalue weighted by Crippen LogP contribution is -2.30. The second kappa shape index (κ2) is 9.38. The van der Waals surface area contributed by atoms with Crippen LogP contribution in [-0.4, -0.2) is 65.2 Å². The molecule has 8 nitrogen and oxygen atoms in total. The topological polar surface area (TPSA) is 81.2 Å². The van der Waals surface area contributed by atoms with Crippen molar-refractivity contribution < 1.29 is 22.6 Å². The molecule has 2 aromatic rings. The van der Waals surface area contributed by atoms with E-state index in [0.717, 1.165) is 42.8 Å². The number of pyridine rings is 1. The van der Waals surface area contributed by atoms with Crippen LogP contribution in [0.1, 0.15) is 24.8 Å². The summed E-state index contributed by atoms with van der Waals surface area (Å²) in [4.78, 5) is 6.83. The van der Waals surface area contributed by atoms with Crippen molar-refractivity contribution in [2.45, 2.75) is 24.2 Å². The van der Waals surface area contributed by atoms with E-state index in [0.29, 0.717) is 36.9 Å². The Hall–Kier alpha value is -2.78. The standard InChI is InChI=1S/C23H29N3O5S/c1-29-18-14-20(30-2)23(21(15-18)31-3)17-8-12-25(13-9-17)22-7-6-19(16-24-22)32(27,28)26-10-4-5-11-26/h6-8,14-16H,4-5,9-13H2,1-3H3. The monoisotopic (exact) mass is 459 g/mol. The number of hydrogen-bond acceptors (Lipinski definition) is 7. The van der Waals surface area contributed by atoms with Crippen molar-refractivity contribution in [2.24, 2.45) is 0 Å². The van der Waals surface area contributed by atoms with Crippen LogP contribution in [0.3, 0.4) is 0 Å². The molecule has 1 aromatic heterocycles. The van der Waals surface area contributed by atoms with Gasteiger partial charge in [-0.3, -0.25) is 0 Å². The number of aromatic nitrogens is 1. The highest BCUT2D eigenvalue weighted by Gasteiger charge is 2.28. The van der Waals surface area contributed by atoms with Crippen molar-refractivity contribution in [3.05, 3.63) is 42.1 Å². The van der Waals surface area contributed by atoms with Crippen LogP contribution in [0.5, 0.6) is 17.2 Å². The van der Waals surface area contributed by atoms with E-state index in [1.165, 1.54) is 10.5 Å². The summed E-state index contributed by atoms with van der Waals surface area (Å²) in [5.74, 6) is 2.84. The molecule has 1 saturated heterocycles. The first-order chi connectivity index (χ1) is 15.5. The van der Waals surface area contributed by atoms with Gasteiger partial charge < -0.3 is 19.1 Å². The molecular weight excluding hydrogens is 430 g/mol. The van der Waals surface area contributed by atoms with Crippen molar-refractivity contribution >= 4 is 21.4 Å². The fraction of sp³-hybridized carbons (Fsp3) is 0.435. The maximum atomic E-state index is 12.7. The molecule has 2 aliphatic heterocycles. The number of benzene rings is 1. The molecule has 0 amide bonds. The number of hydrogen-bond donors (Lipinski definition) is 0. The molecule has 32 heavy (non-hydrogen) atoms. The molecule has 4 rings (SSSR count). The molecule has 0 atom stereocenters. The number of ether oxygens (including phenoxy) is 3. The fourth-order valence-electron chi connectivity index (χ4n) is 4.22. The molecule has 1 aromatic carbocycles. The zero-order chi connectivity index (χ0) is 22.7. The van der Waals surface area contributed by atoms with E-state index in [1.54, 1.807) is 33.5 Å². The largest absolute Gasteiger partial charge is 0.496 e. The fourth-order valence-corrected chi connectivity index (χ4v) is 5.68. The highest BCUT2D eigenvalue weighted by molar-refractivity contribution is 7.89. The quantitative estimate of drug-likeness (QED) is 0.629. The maximum Gasteiger partial charge on any atom is 0.244 e. The summed E-state index contributed by atoms with van der Waals surface area (Å²) in [6.45, 7) is 2.57. The van der Waals surface area contributed by atoms with E-state index in [1.807, 2.05) is 12.1 Å². The molecule has 0 aliphatic carbocycles. The molecule has 2 aliphatic rings. The van der Waals surface area contributed by atoms with Gasteiger partial charge in [0.05, 0.1) is 26.9 Å². The molecule has 9 heteroatoms. The Balaban J connectivity index is 1.53. The van der Waals surface area contributed by atoms with E-state index in [9.17, 15) is 8.42 Å². The van der Waals surface area contributed by atoms with Crippen molar-refractivity contribution in [3.8, 4) is 17.2 Å². The number of methoxy groups -OCH3 is 3. The Morgan fingerprint density at radius 1 is 0.938 bits per heavy atom.